The number of hydrogen-bond donors (Lipinski definition) is 4. The molecule has 0 spiro atoms. The van der Waals surface area contributed by atoms with E-state index in [1.54, 1.807) is 12.1 Å². The average Bonchev–Trinajstić information content (AvgIpc) is 2.85. The fraction of sp³-hybridized carbons (Fsp3) is 0.500. The topological polar surface area (TPSA) is 90.6 Å². The predicted molar refractivity (Wildman–Crippen MR) is 146 cm³/mol. The molecule has 4 rings (SSSR count). The van der Waals surface area contributed by atoms with Crippen LogP contribution in [0.2, 0.25) is 0 Å². The lowest BCUT2D eigenvalue weighted by atomic mass is 9.67. The molecule has 36 heavy (non-hydrogen) atoms. The van der Waals surface area contributed by atoms with Gasteiger partial charge >= 0.3 is 0 Å². The zero-order valence-electron chi connectivity index (χ0n) is 22.2. The second-order valence-corrected chi connectivity index (χ2v) is 11.4. The molecule has 0 aliphatic carbocycles. The minimum absolute atomic E-state index is 0.0140. The summed E-state index contributed by atoms with van der Waals surface area (Å²) in [6.07, 6.45) is 1.91. The van der Waals surface area contributed by atoms with Crippen molar-refractivity contribution in [3.05, 3.63) is 77.0 Å². The molecular formula is C30H42N4O2. The van der Waals surface area contributed by atoms with Crippen LogP contribution in [0.1, 0.15) is 61.2 Å². The summed E-state index contributed by atoms with van der Waals surface area (Å²) in [5.41, 5.74) is 10.8. The van der Waals surface area contributed by atoms with Gasteiger partial charge in [-0.05, 0) is 77.6 Å². The Labute approximate surface area is 216 Å². The molecule has 5 N–H and O–H groups in total. The van der Waals surface area contributed by atoms with Crippen LogP contribution in [0.3, 0.4) is 0 Å². The van der Waals surface area contributed by atoms with Crippen molar-refractivity contribution < 1.29 is 9.90 Å². The average molecular weight is 491 g/mol. The summed E-state index contributed by atoms with van der Waals surface area (Å²) in [7, 11) is 0. The van der Waals surface area contributed by atoms with Crippen molar-refractivity contribution in [2.45, 2.75) is 64.6 Å². The van der Waals surface area contributed by atoms with Crippen molar-refractivity contribution in [2.24, 2.45) is 17.6 Å². The van der Waals surface area contributed by atoms with Crippen LogP contribution in [0.15, 0.2) is 54.7 Å². The lowest BCUT2D eigenvalue weighted by molar-refractivity contribution is 0.0964. The maximum atomic E-state index is 11.7. The van der Waals surface area contributed by atoms with E-state index in [9.17, 15) is 9.90 Å². The van der Waals surface area contributed by atoms with E-state index in [0.717, 1.165) is 50.3 Å². The molecule has 2 aliphatic heterocycles. The number of phenols is 1. The van der Waals surface area contributed by atoms with Crippen molar-refractivity contribution in [2.75, 3.05) is 19.6 Å². The fourth-order valence-corrected chi connectivity index (χ4v) is 5.73. The van der Waals surface area contributed by atoms with Crippen LogP contribution < -0.4 is 16.4 Å². The number of primary amides is 1. The summed E-state index contributed by atoms with van der Waals surface area (Å²) in [6.45, 7) is 17.3. The van der Waals surface area contributed by atoms with Gasteiger partial charge in [0, 0.05) is 36.9 Å². The first-order chi connectivity index (χ1) is 17.1. The number of nitrogens with zero attached hydrogens (tertiary/aromatic N) is 1. The highest BCUT2D eigenvalue weighted by atomic mass is 16.3. The Morgan fingerprint density at radius 2 is 2.06 bits per heavy atom. The van der Waals surface area contributed by atoms with Crippen molar-refractivity contribution in [3.8, 4) is 5.75 Å². The van der Waals surface area contributed by atoms with Gasteiger partial charge in [-0.15, -0.1) is 0 Å². The van der Waals surface area contributed by atoms with Gasteiger partial charge in [0.2, 0.25) is 5.91 Å². The summed E-state index contributed by atoms with van der Waals surface area (Å²) in [6, 6.07) is 14.0. The lowest BCUT2D eigenvalue weighted by Crippen LogP contribution is -2.53. The minimum Gasteiger partial charge on any atom is -0.508 e. The Morgan fingerprint density at radius 1 is 1.28 bits per heavy atom. The van der Waals surface area contributed by atoms with Gasteiger partial charge in [-0.2, -0.15) is 0 Å². The summed E-state index contributed by atoms with van der Waals surface area (Å²) in [5.74, 6) is 0.854. The third-order valence-corrected chi connectivity index (χ3v) is 8.58. The number of phenolic OH excluding ortho intramolecular Hbond substituents is 1. The summed E-state index contributed by atoms with van der Waals surface area (Å²) in [4.78, 5) is 14.3. The second kappa shape index (κ2) is 10.7. The van der Waals surface area contributed by atoms with E-state index in [2.05, 4.69) is 55.9 Å². The molecule has 1 saturated heterocycles. The highest BCUT2D eigenvalue weighted by Gasteiger charge is 2.39. The lowest BCUT2D eigenvalue weighted by Gasteiger charge is -2.46. The van der Waals surface area contributed by atoms with Gasteiger partial charge in [-0.1, -0.05) is 52.5 Å². The molecule has 0 aromatic heterocycles. The zero-order valence-corrected chi connectivity index (χ0v) is 22.2. The van der Waals surface area contributed by atoms with Crippen LogP contribution in [-0.4, -0.2) is 47.6 Å². The highest BCUT2D eigenvalue weighted by molar-refractivity contribution is 5.92. The van der Waals surface area contributed by atoms with Crippen LogP contribution in [0.5, 0.6) is 5.75 Å². The molecule has 2 aromatic rings. The van der Waals surface area contributed by atoms with Gasteiger partial charge in [0.05, 0.1) is 6.04 Å². The Hall–Kier alpha value is -2.83. The van der Waals surface area contributed by atoms with E-state index in [4.69, 9.17) is 5.73 Å². The fourth-order valence-electron chi connectivity index (χ4n) is 5.73. The summed E-state index contributed by atoms with van der Waals surface area (Å²) < 4.78 is 0. The van der Waals surface area contributed by atoms with Gasteiger partial charge in [-0.3, -0.25) is 4.79 Å². The molecule has 0 radical (unpaired) electrons. The number of nitrogens with one attached hydrogen (secondary N) is 2. The number of likely N-dealkylation sites (tertiary alicyclic amines) is 1. The van der Waals surface area contributed by atoms with Gasteiger partial charge in [0.25, 0.3) is 0 Å². The van der Waals surface area contributed by atoms with Crippen molar-refractivity contribution in [3.63, 3.8) is 0 Å². The van der Waals surface area contributed by atoms with Crippen LogP contribution in [-0.2, 0) is 18.4 Å². The number of hydrogen-bond acceptors (Lipinski definition) is 5. The van der Waals surface area contributed by atoms with E-state index >= 15 is 0 Å². The number of rotatable bonds is 8. The molecule has 0 bridgehead atoms. The number of benzene rings is 2. The summed E-state index contributed by atoms with van der Waals surface area (Å²) >= 11 is 0. The first-order valence-electron chi connectivity index (χ1n) is 13.2. The molecule has 1 amide bonds. The number of carbonyl (C=O) groups is 1. The van der Waals surface area contributed by atoms with E-state index in [0.29, 0.717) is 29.2 Å². The largest absolute Gasteiger partial charge is 0.508 e. The zero-order chi connectivity index (χ0) is 26.0. The van der Waals surface area contributed by atoms with Gasteiger partial charge < -0.3 is 26.4 Å². The molecule has 2 aromatic carbocycles. The first kappa shape index (κ1) is 26.2. The van der Waals surface area contributed by atoms with Crippen LogP contribution >= 0.6 is 0 Å². The van der Waals surface area contributed by atoms with Crippen LogP contribution in [0.25, 0.3) is 0 Å². The molecular weight excluding hydrogens is 448 g/mol. The van der Waals surface area contributed by atoms with Crippen LogP contribution in [0, 0.1) is 11.8 Å². The molecule has 2 heterocycles. The molecule has 1 fully saturated rings. The van der Waals surface area contributed by atoms with E-state index in [-0.39, 0.29) is 17.4 Å². The Bertz CT molecular complexity index is 1110. The normalized spacial score (nSPS) is 25.2. The minimum atomic E-state index is -0.370. The maximum absolute atomic E-state index is 11.7. The van der Waals surface area contributed by atoms with Gasteiger partial charge in [0.1, 0.15) is 5.75 Å². The third kappa shape index (κ3) is 5.60. The van der Waals surface area contributed by atoms with E-state index in [1.165, 1.54) is 11.1 Å². The number of carbonyl (C=O) groups excluding carboxylic acids is 1. The Kier molecular flexibility index (Phi) is 7.76. The number of fused-ring (bicyclic) bond motifs is 1. The quantitative estimate of drug-likeness (QED) is 0.450. The smallest absolute Gasteiger partial charge is 0.248 e. The number of amides is 1. The standard InChI is InChI=1S/C30H42N4O2/c1-19(2)28(33-21(4)27-15-22-9-10-26(35)14-24(22)16-32-27)18-34-12-11-30(5,20(3)17-34)25-8-6-7-23(13-25)29(31)36/h6-10,13-14,19-20,27-28,32-33,35H,4,11-12,15-18H2,1-3,5H3,(H2,31,36)/t20-,27+,28+,30+/m0/s1. The molecule has 0 saturated carbocycles. The molecule has 6 heteroatoms. The molecule has 194 valence electrons. The SMILES string of the molecule is C=C(N[C@H](CN1CC[C@@](C)(c2cccc(C(N)=O)c2)[C@@H](C)C1)C(C)C)[C@H]1Cc2ccc(O)cc2CN1. The van der Waals surface area contributed by atoms with Crippen molar-refractivity contribution in [1.82, 2.24) is 15.5 Å². The maximum Gasteiger partial charge on any atom is 0.248 e. The number of piperidine rings is 1. The molecule has 2 aliphatic rings. The van der Waals surface area contributed by atoms with Gasteiger partial charge in [-0.25, -0.2) is 0 Å². The number of nitrogens with two attached hydrogens (primary N) is 1. The Morgan fingerprint density at radius 3 is 2.75 bits per heavy atom. The summed E-state index contributed by atoms with van der Waals surface area (Å²) in [5, 5.41) is 17.1. The molecule has 6 nitrogen and oxygen atoms in total. The van der Waals surface area contributed by atoms with Crippen molar-refractivity contribution >= 4 is 5.91 Å². The first-order valence-corrected chi connectivity index (χ1v) is 13.2. The van der Waals surface area contributed by atoms with Crippen molar-refractivity contribution in [1.29, 1.82) is 0 Å². The Balaban J connectivity index is 1.37. The second-order valence-electron chi connectivity index (χ2n) is 11.4. The predicted octanol–water partition coefficient (Wildman–Crippen LogP) is 3.93. The number of aromatic hydroxyl groups is 1. The molecule has 4 atom stereocenters. The van der Waals surface area contributed by atoms with E-state index in [1.807, 2.05) is 24.3 Å². The highest BCUT2D eigenvalue weighted by Crippen LogP contribution is 2.39. The third-order valence-electron chi connectivity index (χ3n) is 8.58. The monoisotopic (exact) mass is 490 g/mol. The van der Waals surface area contributed by atoms with Gasteiger partial charge in [0.15, 0.2) is 0 Å². The molecule has 0 unspecified atom stereocenters. The van der Waals surface area contributed by atoms with E-state index < -0.39 is 0 Å². The van der Waals surface area contributed by atoms with Crippen LogP contribution in [0.4, 0.5) is 0 Å².